The Morgan fingerprint density at radius 3 is 2.58 bits per heavy atom. The molecule has 0 aliphatic heterocycles. The molecule has 0 radical (unpaired) electrons. The zero-order valence-corrected chi connectivity index (χ0v) is 10.2. The molecule has 0 heterocycles. The van der Waals surface area contributed by atoms with Crippen LogP contribution in [0.15, 0.2) is 47.6 Å². The van der Waals surface area contributed by atoms with Crippen LogP contribution < -0.4 is 5.43 Å². The maximum absolute atomic E-state index is 13.4. The third-order valence-corrected chi connectivity index (χ3v) is 2.57. The molecule has 3 nitrogen and oxygen atoms in total. The second-order valence-corrected chi connectivity index (χ2v) is 3.95. The Morgan fingerprint density at radius 2 is 1.89 bits per heavy atom. The number of para-hydroxylation sites is 1. The van der Waals surface area contributed by atoms with Crippen molar-refractivity contribution in [2.75, 3.05) is 5.43 Å². The lowest BCUT2D eigenvalue weighted by atomic mass is 10.1. The van der Waals surface area contributed by atoms with Gasteiger partial charge in [0.1, 0.15) is 11.6 Å². The second kappa shape index (κ2) is 5.48. The monoisotopic (exact) mass is 262 g/mol. The molecule has 19 heavy (non-hydrogen) atoms. The molecule has 0 saturated carbocycles. The molecular formula is C14H12F2N2O. The van der Waals surface area contributed by atoms with Gasteiger partial charge in [0.25, 0.3) is 0 Å². The van der Waals surface area contributed by atoms with E-state index in [-0.39, 0.29) is 11.4 Å². The molecule has 2 aromatic carbocycles. The Labute approximate surface area is 109 Å². The first-order valence-corrected chi connectivity index (χ1v) is 5.61. The maximum atomic E-state index is 13.4. The van der Waals surface area contributed by atoms with Gasteiger partial charge in [-0.05, 0) is 31.2 Å². The highest BCUT2D eigenvalue weighted by molar-refractivity contribution is 6.01. The summed E-state index contributed by atoms with van der Waals surface area (Å²) in [6.07, 6.45) is 0. The molecule has 5 heteroatoms. The van der Waals surface area contributed by atoms with Crippen LogP contribution in [0.4, 0.5) is 14.5 Å². The lowest BCUT2D eigenvalue weighted by Gasteiger charge is -2.06. The first-order valence-electron chi connectivity index (χ1n) is 5.61. The van der Waals surface area contributed by atoms with Crippen molar-refractivity contribution in [1.29, 1.82) is 0 Å². The van der Waals surface area contributed by atoms with E-state index in [4.69, 9.17) is 0 Å². The highest BCUT2D eigenvalue weighted by Gasteiger charge is 2.05. The number of hydrogen-bond acceptors (Lipinski definition) is 3. The van der Waals surface area contributed by atoms with Gasteiger partial charge in [0.15, 0.2) is 5.82 Å². The molecule has 0 unspecified atom stereocenters. The van der Waals surface area contributed by atoms with Crippen LogP contribution >= 0.6 is 0 Å². The molecule has 0 saturated heterocycles. The SMILES string of the molecule is C/C(=N\Nc1ccc(F)cc1F)c1ccccc1O. The minimum atomic E-state index is -0.728. The quantitative estimate of drug-likeness (QED) is 0.656. The number of anilines is 1. The number of rotatable bonds is 3. The van der Waals surface area contributed by atoms with Crippen molar-refractivity contribution in [2.45, 2.75) is 6.92 Å². The molecule has 98 valence electrons. The van der Waals surface area contributed by atoms with Gasteiger partial charge in [0.05, 0.1) is 11.4 Å². The van der Waals surface area contributed by atoms with E-state index in [1.54, 1.807) is 25.1 Å². The fourth-order valence-corrected chi connectivity index (χ4v) is 1.56. The molecule has 0 spiro atoms. The summed E-state index contributed by atoms with van der Waals surface area (Å²) in [6.45, 7) is 1.67. The van der Waals surface area contributed by atoms with Gasteiger partial charge in [-0.1, -0.05) is 12.1 Å². The Bertz CT molecular complexity index is 627. The molecule has 0 amide bonds. The third-order valence-electron chi connectivity index (χ3n) is 2.57. The second-order valence-electron chi connectivity index (χ2n) is 3.95. The van der Waals surface area contributed by atoms with Gasteiger partial charge in [0, 0.05) is 11.6 Å². The number of halogens is 2. The molecule has 0 bridgehead atoms. The van der Waals surface area contributed by atoms with Crippen molar-refractivity contribution in [1.82, 2.24) is 0 Å². The summed E-state index contributed by atoms with van der Waals surface area (Å²) in [5.74, 6) is -1.29. The van der Waals surface area contributed by atoms with E-state index in [2.05, 4.69) is 10.5 Å². The van der Waals surface area contributed by atoms with Gasteiger partial charge in [-0.25, -0.2) is 8.78 Å². The van der Waals surface area contributed by atoms with E-state index in [0.29, 0.717) is 11.3 Å². The van der Waals surface area contributed by atoms with Crippen molar-refractivity contribution < 1.29 is 13.9 Å². The topological polar surface area (TPSA) is 44.6 Å². The largest absolute Gasteiger partial charge is 0.507 e. The highest BCUT2D eigenvalue weighted by atomic mass is 19.1. The highest BCUT2D eigenvalue weighted by Crippen LogP contribution is 2.18. The molecule has 2 rings (SSSR count). The molecule has 0 fully saturated rings. The lowest BCUT2D eigenvalue weighted by molar-refractivity contribution is 0.474. The predicted octanol–water partition coefficient (Wildman–Crippen LogP) is 3.51. The summed E-state index contributed by atoms with van der Waals surface area (Å²) >= 11 is 0. The van der Waals surface area contributed by atoms with E-state index in [1.165, 1.54) is 12.1 Å². The van der Waals surface area contributed by atoms with E-state index in [9.17, 15) is 13.9 Å². The fourth-order valence-electron chi connectivity index (χ4n) is 1.56. The first-order chi connectivity index (χ1) is 9.08. The Hall–Kier alpha value is -2.43. The fraction of sp³-hybridized carbons (Fsp3) is 0.0714. The summed E-state index contributed by atoms with van der Waals surface area (Å²) in [7, 11) is 0. The van der Waals surface area contributed by atoms with Crippen LogP contribution in [0.2, 0.25) is 0 Å². The molecule has 0 aromatic heterocycles. The average molecular weight is 262 g/mol. The smallest absolute Gasteiger partial charge is 0.151 e. The first kappa shape index (κ1) is 13.0. The van der Waals surface area contributed by atoms with Crippen LogP contribution in [0.5, 0.6) is 5.75 Å². The summed E-state index contributed by atoms with van der Waals surface area (Å²) in [4.78, 5) is 0. The average Bonchev–Trinajstić information content (AvgIpc) is 2.38. The maximum Gasteiger partial charge on any atom is 0.151 e. The van der Waals surface area contributed by atoms with E-state index < -0.39 is 11.6 Å². The number of nitrogens with zero attached hydrogens (tertiary/aromatic N) is 1. The normalized spacial score (nSPS) is 11.4. The van der Waals surface area contributed by atoms with Crippen LogP contribution in [0.25, 0.3) is 0 Å². The van der Waals surface area contributed by atoms with Crippen LogP contribution in [-0.4, -0.2) is 10.8 Å². The van der Waals surface area contributed by atoms with E-state index >= 15 is 0 Å². The summed E-state index contributed by atoms with van der Waals surface area (Å²) in [5.41, 5.74) is 3.59. The van der Waals surface area contributed by atoms with Gasteiger partial charge < -0.3 is 5.11 Å². The van der Waals surface area contributed by atoms with Crippen LogP contribution in [-0.2, 0) is 0 Å². The van der Waals surface area contributed by atoms with Gasteiger partial charge in [0.2, 0.25) is 0 Å². The standard InChI is InChI=1S/C14H12F2N2O/c1-9(11-4-2-3-5-14(11)19)17-18-13-7-6-10(15)8-12(13)16/h2-8,18-19H,1H3/b17-9+. The summed E-state index contributed by atoms with van der Waals surface area (Å²) in [6, 6.07) is 9.84. The van der Waals surface area contributed by atoms with Crippen molar-refractivity contribution in [3.63, 3.8) is 0 Å². The minimum absolute atomic E-state index is 0.0659. The van der Waals surface area contributed by atoms with Crippen molar-refractivity contribution >= 4 is 11.4 Å². The zero-order valence-electron chi connectivity index (χ0n) is 10.2. The van der Waals surface area contributed by atoms with Crippen molar-refractivity contribution in [3.8, 4) is 5.75 Å². The number of phenolic OH excluding ortho intramolecular Hbond substituents is 1. The van der Waals surface area contributed by atoms with Crippen molar-refractivity contribution in [2.24, 2.45) is 5.10 Å². The van der Waals surface area contributed by atoms with Crippen LogP contribution in [0.3, 0.4) is 0 Å². The Kier molecular flexibility index (Phi) is 3.75. The summed E-state index contributed by atoms with van der Waals surface area (Å²) in [5, 5.41) is 13.6. The van der Waals surface area contributed by atoms with Gasteiger partial charge in [-0.2, -0.15) is 5.10 Å². The molecule has 0 atom stereocenters. The van der Waals surface area contributed by atoms with Gasteiger partial charge in [-0.15, -0.1) is 0 Å². The number of aromatic hydroxyl groups is 1. The van der Waals surface area contributed by atoms with Crippen LogP contribution in [0.1, 0.15) is 12.5 Å². The number of hydrazone groups is 1. The zero-order chi connectivity index (χ0) is 13.8. The molecule has 0 aliphatic carbocycles. The molecule has 2 aromatic rings. The Balaban J connectivity index is 2.21. The molecule has 0 aliphatic rings. The number of nitrogens with one attached hydrogen (secondary N) is 1. The van der Waals surface area contributed by atoms with Crippen LogP contribution in [0, 0.1) is 11.6 Å². The number of phenols is 1. The number of hydrogen-bond donors (Lipinski definition) is 2. The lowest BCUT2D eigenvalue weighted by Crippen LogP contribution is -2.01. The third kappa shape index (κ3) is 3.07. The van der Waals surface area contributed by atoms with E-state index in [1.807, 2.05) is 0 Å². The Morgan fingerprint density at radius 1 is 1.16 bits per heavy atom. The van der Waals surface area contributed by atoms with Gasteiger partial charge >= 0.3 is 0 Å². The summed E-state index contributed by atoms with van der Waals surface area (Å²) < 4.78 is 26.1. The predicted molar refractivity (Wildman–Crippen MR) is 70.3 cm³/mol. The number of benzene rings is 2. The van der Waals surface area contributed by atoms with E-state index in [0.717, 1.165) is 12.1 Å². The van der Waals surface area contributed by atoms with Crippen molar-refractivity contribution in [3.05, 3.63) is 59.7 Å². The molecule has 2 N–H and O–H groups in total. The molecular weight excluding hydrogens is 250 g/mol. The minimum Gasteiger partial charge on any atom is -0.507 e. The van der Waals surface area contributed by atoms with Gasteiger partial charge in [-0.3, -0.25) is 5.43 Å².